The SMILES string of the molecule is S=C(Nc1ccc(C23CC4CC(CC(C4)C2)C3)cc1)Nc1ccc(C23CC4CC(CC(C4)C2)C3)cc1. The van der Waals surface area contributed by atoms with Gasteiger partial charge < -0.3 is 10.6 Å². The quantitative estimate of drug-likeness (QED) is 0.415. The number of nitrogens with one attached hydrogen (secondary N) is 2. The topological polar surface area (TPSA) is 24.1 Å². The fraction of sp³-hybridized carbons (Fsp3) is 0.606. The lowest BCUT2D eigenvalue weighted by molar-refractivity contribution is -0.00530. The number of hydrogen-bond acceptors (Lipinski definition) is 1. The van der Waals surface area contributed by atoms with Gasteiger partial charge in [0.2, 0.25) is 0 Å². The van der Waals surface area contributed by atoms with Crippen LogP contribution in [0.4, 0.5) is 11.4 Å². The zero-order chi connectivity index (χ0) is 23.9. The molecule has 2 aromatic carbocycles. The molecule has 0 aromatic heterocycles. The lowest BCUT2D eigenvalue weighted by Crippen LogP contribution is -2.48. The van der Waals surface area contributed by atoms with Crippen molar-refractivity contribution in [2.75, 3.05) is 10.6 Å². The minimum atomic E-state index is 0.463. The summed E-state index contributed by atoms with van der Waals surface area (Å²) in [5.74, 6) is 5.92. The van der Waals surface area contributed by atoms with E-state index in [2.05, 4.69) is 59.2 Å². The summed E-state index contributed by atoms with van der Waals surface area (Å²) in [6, 6.07) is 18.5. The molecule has 8 fully saturated rings. The summed E-state index contributed by atoms with van der Waals surface area (Å²) in [6.07, 6.45) is 17.5. The standard InChI is InChI=1S/C33H40N2S/c36-31(34-29-5-1-27(2-6-29)32-15-21-9-22(16-32)11-23(10-21)17-32)35-30-7-3-28(4-8-30)33-18-24-12-25(19-33)14-26(13-24)20-33/h1-8,21-26H,9-20H2,(H2,34,35,36). The summed E-state index contributed by atoms with van der Waals surface area (Å²) >= 11 is 5.69. The van der Waals surface area contributed by atoms with Crippen LogP contribution in [0.2, 0.25) is 0 Å². The Bertz CT molecular complexity index is 1000. The average Bonchev–Trinajstić information content (AvgIpc) is 2.83. The minimum Gasteiger partial charge on any atom is -0.332 e. The summed E-state index contributed by atoms with van der Waals surface area (Å²) in [6.45, 7) is 0. The highest BCUT2D eigenvalue weighted by Crippen LogP contribution is 2.62. The summed E-state index contributed by atoms with van der Waals surface area (Å²) in [7, 11) is 0. The van der Waals surface area contributed by atoms with E-state index in [4.69, 9.17) is 12.2 Å². The van der Waals surface area contributed by atoms with Gasteiger partial charge in [0.15, 0.2) is 5.11 Å². The van der Waals surface area contributed by atoms with Crippen molar-refractivity contribution >= 4 is 28.7 Å². The molecule has 8 aliphatic rings. The lowest BCUT2D eigenvalue weighted by atomic mass is 9.48. The van der Waals surface area contributed by atoms with Gasteiger partial charge in [-0.15, -0.1) is 0 Å². The monoisotopic (exact) mass is 496 g/mol. The fourth-order valence-corrected chi connectivity index (χ4v) is 11.3. The second kappa shape index (κ2) is 8.06. The van der Waals surface area contributed by atoms with Crippen molar-refractivity contribution < 1.29 is 0 Å². The average molecular weight is 497 g/mol. The van der Waals surface area contributed by atoms with Crippen LogP contribution in [0.1, 0.15) is 88.2 Å². The Hall–Kier alpha value is -1.87. The highest BCUT2D eigenvalue weighted by Gasteiger charge is 2.52. The van der Waals surface area contributed by atoms with Gasteiger partial charge in [0.25, 0.3) is 0 Å². The van der Waals surface area contributed by atoms with Gasteiger partial charge >= 0.3 is 0 Å². The normalized spacial score (nSPS) is 41.4. The van der Waals surface area contributed by atoms with Crippen LogP contribution in [0.3, 0.4) is 0 Å². The van der Waals surface area contributed by atoms with Crippen LogP contribution < -0.4 is 10.6 Å². The van der Waals surface area contributed by atoms with Crippen LogP contribution in [0.15, 0.2) is 48.5 Å². The van der Waals surface area contributed by atoms with Crippen molar-refractivity contribution in [2.45, 2.75) is 87.9 Å². The van der Waals surface area contributed by atoms with Crippen LogP contribution >= 0.6 is 12.2 Å². The maximum Gasteiger partial charge on any atom is 0.175 e. The van der Waals surface area contributed by atoms with E-state index in [1.54, 1.807) is 11.1 Å². The summed E-state index contributed by atoms with van der Waals surface area (Å²) in [5, 5.41) is 7.55. The molecular weight excluding hydrogens is 456 g/mol. The predicted octanol–water partition coefficient (Wildman–Crippen LogP) is 8.43. The number of hydrogen-bond donors (Lipinski definition) is 2. The third kappa shape index (κ3) is 3.67. The molecule has 0 spiro atoms. The predicted molar refractivity (Wildman–Crippen MR) is 152 cm³/mol. The van der Waals surface area contributed by atoms with E-state index in [-0.39, 0.29) is 0 Å². The van der Waals surface area contributed by atoms with E-state index in [1.807, 2.05) is 0 Å². The molecule has 3 heteroatoms. The number of benzene rings is 2. The number of rotatable bonds is 4. The van der Waals surface area contributed by atoms with Gasteiger partial charge in [-0.3, -0.25) is 0 Å². The molecule has 8 bridgehead atoms. The molecule has 8 aliphatic carbocycles. The number of thiocarbonyl (C=S) groups is 1. The van der Waals surface area contributed by atoms with Crippen LogP contribution in [0.5, 0.6) is 0 Å². The van der Waals surface area contributed by atoms with Crippen LogP contribution in [-0.4, -0.2) is 5.11 Å². The van der Waals surface area contributed by atoms with Crippen molar-refractivity contribution in [3.05, 3.63) is 59.7 Å². The first kappa shape index (κ1) is 22.1. The van der Waals surface area contributed by atoms with Crippen LogP contribution in [0.25, 0.3) is 0 Å². The molecule has 0 radical (unpaired) electrons. The molecule has 2 nitrogen and oxygen atoms in total. The fourth-order valence-electron chi connectivity index (χ4n) is 11.0. The van der Waals surface area contributed by atoms with Gasteiger partial charge in [-0.05, 0) is 171 Å². The molecule has 36 heavy (non-hydrogen) atoms. The highest BCUT2D eigenvalue weighted by atomic mass is 32.1. The second-order valence-electron chi connectivity index (χ2n) is 14.1. The Morgan fingerprint density at radius 1 is 0.500 bits per heavy atom. The van der Waals surface area contributed by atoms with Gasteiger partial charge in [-0.25, -0.2) is 0 Å². The first-order valence-corrected chi connectivity index (χ1v) is 15.2. The van der Waals surface area contributed by atoms with E-state index in [0.717, 1.165) is 46.9 Å². The van der Waals surface area contributed by atoms with Crippen molar-refractivity contribution in [1.29, 1.82) is 0 Å². The van der Waals surface area contributed by atoms with E-state index in [9.17, 15) is 0 Å². The molecule has 2 aromatic rings. The summed E-state index contributed by atoms with van der Waals surface area (Å²) in [5.41, 5.74) is 6.25. The maximum atomic E-state index is 5.69. The van der Waals surface area contributed by atoms with Gasteiger partial charge in [-0.1, -0.05) is 24.3 Å². The van der Waals surface area contributed by atoms with Gasteiger partial charge in [0.05, 0.1) is 0 Å². The molecule has 10 rings (SSSR count). The molecule has 0 unspecified atom stereocenters. The molecule has 2 N–H and O–H groups in total. The highest BCUT2D eigenvalue weighted by molar-refractivity contribution is 7.80. The first-order valence-electron chi connectivity index (χ1n) is 14.8. The first-order chi connectivity index (χ1) is 17.5. The molecule has 0 atom stereocenters. The van der Waals surface area contributed by atoms with Crippen molar-refractivity contribution in [3.63, 3.8) is 0 Å². The van der Waals surface area contributed by atoms with Crippen molar-refractivity contribution in [2.24, 2.45) is 35.5 Å². The molecule has 0 amide bonds. The van der Waals surface area contributed by atoms with E-state index < -0.39 is 0 Å². The van der Waals surface area contributed by atoms with Crippen LogP contribution in [-0.2, 0) is 10.8 Å². The molecule has 8 saturated carbocycles. The van der Waals surface area contributed by atoms with Crippen molar-refractivity contribution in [3.8, 4) is 0 Å². The van der Waals surface area contributed by atoms with Gasteiger partial charge in [-0.2, -0.15) is 0 Å². The third-order valence-corrected chi connectivity index (χ3v) is 11.8. The van der Waals surface area contributed by atoms with E-state index in [0.29, 0.717) is 15.9 Å². The number of anilines is 2. The molecule has 188 valence electrons. The Morgan fingerprint density at radius 2 is 0.778 bits per heavy atom. The molecule has 0 aliphatic heterocycles. The Labute approximate surface area is 222 Å². The summed E-state index contributed by atoms with van der Waals surface area (Å²) < 4.78 is 0. The Kier molecular flexibility index (Phi) is 4.96. The Balaban J connectivity index is 0.921. The van der Waals surface area contributed by atoms with Gasteiger partial charge in [0, 0.05) is 11.4 Å². The Morgan fingerprint density at radius 3 is 1.06 bits per heavy atom. The van der Waals surface area contributed by atoms with Crippen molar-refractivity contribution in [1.82, 2.24) is 0 Å². The summed E-state index contributed by atoms with van der Waals surface area (Å²) in [4.78, 5) is 0. The van der Waals surface area contributed by atoms with E-state index >= 15 is 0 Å². The molecule has 0 saturated heterocycles. The smallest absolute Gasteiger partial charge is 0.175 e. The lowest BCUT2D eigenvalue weighted by Gasteiger charge is -2.57. The van der Waals surface area contributed by atoms with Gasteiger partial charge in [0.1, 0.15) is 0 Å². The largest absolute Gasteiger partial charge is 0.332 e. The second-order valence-corrected chi connectivity index (χ2v) is 14.5. The maximum absolute atomic E-state index is 5.69. The third-order valence-electron chi connectivity index (χ3n) is 11.6. The zero-order valence-corrected chi connectivity index (χ0v) is 22.3. The molecular formula is C33H40N2S. The van der Waals surface area contributed by atoms with E-state index in [1.165, 1.54) is 77.0 Å². The zero-order valence-electron chi connectivity index (χ0n) is 21.5. The minimum absolute atomic E-state index is 0.463. The molecule has 0 heterocycles. The van der Waals surface area contributed by atoms with Crippen LogP contribution in [0, 0.1) is 35.5 Å².